The second-order valence-corrected chi connectivity index (χ2v) is 12.9. The van der Waals surface area contributed by atoms with Gasteiger partial charge in [-0.1, -0.05) is 120 Å². The van der Waals surface area contributed by atoms with Crippen LogP contribution in [0.2, 0.25) is 5.02 Å². The minimum Gasteiger partial charge on any atom is -0.493 e. The number of esters is 1. The van der Waals surface area contributed by atoms with Crippen LogP contribution in [0.4, 0.5) is 11.8 Å². The molecule has 11 nitrogen and oxygen atoms in total. The summed E-state index contributed by atoms with van der Waals surface area (Å²) in [4.78, 5) is 42.2. The molecule has 0 saturated heterocycles. The third-order valence-electron chi connectivity index (χ3n) is 8.90. The maximum atomic E-state index is 14.2. The van der Waals surface area contributed by atoms with E-state index in [9.17, 15) is 9.59 Å². The molecule has 57 heavy (non-hydrogen) atoms. The van der Waals surface area contributed by atoms with E-state index in [0.29, 0.717) is 51.3 Å². The SMILES string of the molecule is CCOC(=O)C(=NOC(c1ccccc1)(c1ccccc1)c1ccccc1)C(=O)c1ccc(C#Cc2cc(Cc3cnc(N)nc3N)cc(OC)c2OC)cc1Cl. The highest BCUT2D eigenvalue weighted by atomic mass is 35.5. The van der Waals surface area contributed by atoms with E-state index in [1.807, 2.05) is 103 Å². The van der Waals surface area contributed by atoms with Crippen LogP contribution in [0.1, 0.15) is 56.2 Å². The number of ketones is 1. The first kappa shape index (κ1) is 39.5. The van der Waals surface area contributed by atoms with E-state index in [2.05, 4.69) is 27.0 Å². The van der Waals surface area contributed by atoms with Gasteiger partial charge in [-0.25, -0.2) is 9.78 Å². The molecule has 0 fully saturated rings. The first-order valence-corrected chi connectivity index (χ1v) is 18.1. The molecule has 0 radical (unpaired) electrons. The number of hydrogen-bond acceptors (Lipinski definition) is 11. The van der Waals surface area contributed by atoms with E-state index in [4.69, 9.17) is 42.1 Å². The van der Waals surface area contributed by atoms with Crippen molar-refractivity contribution in [2.45, 2.75) is 18.9 Å². The van der Waals surface area contributed by atoms with Gasteiger partial charge in [0.05, 0.1) is 31.4 Å². The van der Waals surface area contributed by atoms with E-state index in [1.165, 1.54) is 26.4 Å². The summed E-state index contributed by atoms with van der Waals surface area (Å²) in [5.41, 5.74) is 14.4. The van der Waals surface area contributed by atoms with Crippen LogP contribution in [0, 0.1) is 11.8 Å². The summed E-state index contributed by atoms with van der Waals surface area (Å²) >= 11 is 6.74. The molecule has 0 aliphatic carbocycles. The molecular weight excluding hydrogens is 742 g/mol. The van der Waals surface area contributed by atoms with E-state index >= 15 is 0 Å². The first-order chi connectivity index (χ1) is 27.7. The second-order valence-electron chi connectivity index (χ2n) is 12.5. The highest BCUT2D eigenvalue weighted by molar-refractivity contribution is 6.68. The Bertz CT molecular complexity index is 2390. The van der Waals surface area contributed by atoms with Crippen LogP contribution < -0.4 is 20.9 Å². The number of oxime groups is 1. The zero-order valence-corrected chi connectivity index (χ0v) is 32.1. The van der Waals surface area contributed by atoms with Gasteiger partial charge in [0.1, 0.15) is 5.82 Å². The maximum Gasteiger partial charge on any atom is 0.364 e. The zero-order chi connectivity index (χ0) is 40.4. The number of benzene rings is 5. The fourth-order valence-corrected chi connectivity index (χ4v) is 6.48. The Labute approximate surface area is 335 Å². The number of carbonyl (C=O) groups is 2. The van der Waals surface area contributed by atoms with Crippen LogP contribution in [-0.4, -0.2) is 48.3 Å². The maximum absolute atomic E-state index is 14.2. The average Bonchev–Trinajstić information content (AvgIpc) is 3.23. The van der Waals surface area contributed by atoms with Crippen LogP contribution in [0.3, 0.4) is 0 Å². The number of aromatic nitrogens is 2. The first-order valence-electron chi connectivity index (χ1n) is 17.8. The smallest absolute Gasteiger partial charge is 0.364 e. The van der Waals surface area contributed by atoms with E-state index in [-0.39, 0.29) is 29.0 Å². The summed E-state index contributed by atoms with van der Waals surface area (Å²) in [6.07, 6.45) is 1.95. The van der Waals surface area contributed by atoms with Crippen molar-refractivity contribution >= 4 is 40.8 Å². The largest absolute Gasteiger partial charge is 0.493 e. The predicted molar refractivity (Wildman–Crippen MR) is 219 cm³/mol. The summed E-state index contributed by atoms with van der Waals surface area (Å²) < 4.78 is 16.5. The number of nitrogens with zero attached hydrogens (tertiary/aromatic N) is 3. The molecule has 6 rings (SSSR count). The number of nitrogens with two attached hydrogens (primary N) is 2. The summed E-state index contributed by atoms with van der Waals surface area (Å²) in [7, 11) is 3.04. The van der Waals surface area contributed by atoms with Crippen molar-refractivity contribution in [1.29, 1.82) is 0 Å². The van der Waals surface area contributed by atoms with E-state index in [0.717, 1.165) is 5.56 Å². The molecule has 0 amide bonds. The molecule has 0 spiro atoms. The van der Waals surface area contributed by atoms with Gasteiger partial charge >= 0.3 is 5.97 Å². The lowest BCUT2D eigenvalue weighted by molar-refractivity contribution is -0.135. The number of Topliss-reactive ketones (excluding diaryl/α,β-unsaturated/α-hetero) is 1. The Morgan fingerprint density at radius 3 is 1.95 bits per heavy atom. The summed E-state index contributed by atoms with van der Waals surface area (Å²) in [5, 5.41) is 4.33. The lowest BCUT2D eigenvalue weighted by atomic mass is 9.80. The lowest BCUT2D eigenvalue weighted by Gasteiger charge is -2.33. The Kier molecular flexibility index (Phi) is 12.5. The molecular formula is C45H38ClN5O6. The molecule has 0 bridgehead atoms. The van der Waals surface area contributed by atoms with Crippen LogP contribution in [-0.2, 0) is 26.4 Å². The van der Waals surface area contributed by atoms with Crippen molar-refractivity contribution in [3.05, 3.63) is 177 Å². The van der Waals surface area contributed by atoms with Gasteiger partial charge in [0, 0.05) is 46.0 Å². The van der Waals surface area contributed by atoms with Crippen molar-refractivity contribution in [3.8, 4) is 23.3 Å². The molecule has 5 aromatic carbocycles. The van der Waals surface area contributed by atoms with Gasteiger partial charge in [-0.3, -0.25) is 4.79 Å². The van der Waals surface area contributed by atoms with E-state index in [1.54, 1.807) is 19.2 Å². The average molecular weight is 780 g/mol. The standard InChI is InChI=1S/C45H38ClN5O6/c1-4-56-43(53)39(51-57-45(33-14-8-5-9-15-33,34-16-10-6-11-17-34)35-18-12-7-13-19-35)40(52)36-23-21-29(26-37(36)46)20-22-31-24-30(27-38(54-2)41(31)55-3)25-32-28-49-44(48)50-42(32)47/h5-19,21,23-24,26-28H,4,25H2,1-3H3,(H4,47,48,49,50). The molecule has 1 aromatic heterocycles. The van der Waals surface area contributed by atoms with Crippen molar-refractivity contribution in [3.63, 3.8) is 0 Å². The van der Waals surface area contributed by atoms with Gasteiger partial charge in [0.15, 0.2) is 11.5 Å². The monoisotopic (exact) mass is 779 g/mol. The Morgan fingerprint density at radius 1 is 0.807 bits per heavy atom. The predicted octanol–water partition coefficient (Wildman–Crippen LogP) is 7.41. The molecule has 12 heteroatoms. The van der Waals surface area contributed by atoms with Gasteiger partial charge in [-0.05, 0) is 42.8 Å². The molecule has 0 saturated carbocycles. The van der Waals surface area contributed by atoms with Gasteiger partial charge in [0.25, 0.3) is 0 Å². The quantitative estimate of drug-likeness (QED) is 0.0230. The lowest BCUT2D eigenvalue weighted by Crippen LogP contribution is -2.34. The number of methoxy groups -OCH3 is 2. The number of rotatable bonds is 13. The van der Waals surface area contributed by atoms with Gasteiger partial charge in [-0.15, -0.1) is 0 Å². The Morgan fingerprint density at radius 2 is 1.42 bits per heavy atom. The fourth-order valence-electron chi connectivity index (χ4n) is 6.21. The Balaban J connectivity index is 1.37. The van der Waals surface area contributed by atoms with Crippen molar-refractivity contribution in [2.75, 3.05) is 32.3 Å². The number of anilines is 2. The summed E-state index contributed by atoms with van der Waals surface area (Å²) in [6, 6.07) is 36.5. The molecule has 1 heterocycles. The van der Waals surface area contributed by atoms with Crippen molar-refractivity contribution in [2.24, 2.45) is 5.16 Å². The van der Waals surface area contributed by atoms with Crippen LogP contribution in [0.15, 0.2) is 133 Å². The summed E-state index contributed by atoms with van der Waals surface area (Å²) in [5.74, 6) is 5.65. The van der Waals surface area contributed by atoms with E-state index < -0.39 is 23.1 Å². The highest BCUT2D eigenvalue weighted by Gasteiger charge is 2.40. The van der Waals surface area contributed by atoms with Crippen LogP contribution in [0.5, 0.6) is 11.5 Å². The molecule has 4 N–H and O–H groups in total. The van der Waals surface area contributed by atoms with Crippen molar-refractivity contribution in [1.82, 2.24) is 9.97 Å². The number of carbonyl (C=O) groups excluding carboxylic acids is 2. The highest BCUT2D eigenvalue weighted by Crippen LogP contribution is 2.41. The Hall–Kier alpha value is -7.16. The number of hydrogen-bond donors (Lipinski definition) is 2. The molecule has 0 unspecified atom stereocenters. The second kappa shape index (κ2) is 18.0. The number of nitrogen functional groups attached to an aromatic ring is 2. The zero-order valence-electron chi connectivity index (χ0n) is 31.4. The minimum absolute atomic E-state index is 0.00749. The fraction of sp³-hybridized carbons (Fsp3) is 0.133. The molecule has 0 aliphatic rings. The molecule has 0 aliphatic heterocycles. The topological polar surface area (TPSA) is 161 Å². The molecule has 0 atom stereocenters. The molecule has 286 valence electrons. The van der Waals surface area contributed by atoms with Crippen LogP contribution >= 0.6 is 11.6 Å². The van der Waals surface area contributed by atoms with Gasteiger partial charge < -0.3 is 30.5 Å². The third kappa shape index (κ3) is 8.72. The minimum atomic E-state index is -1.36. The van der Waals surface area contributed by atoms with Crippen LogP contribution in [0.25, 0.3) is 0 Å². The van der Waals surface area contributed by atoms with Gasteiger partial charge in [-0.2, -0.15) is 4.98 Å². The van der Waals surface area contributed by atoms with Gasteiger partial charge in [0.2, 0.25) is 23.0 Å². The normalized spacial score (nSPS) is 11.2. The third-order valence-corrected chi connectivity index (χ3v) is 9.22. The number of ether oxygens (including phenoxy) is 3. The molecule has 6 aromatic rings. The number of halogens is 1. The summed E-state index contributed by atoms with van der Waals surface area (Å²) in [6.45, 7) is 1.62. The van der Waals surface area contributed by atoms with Crippen molar-refractivity contribution < 1.29 is 28.6 Å².